The maximum absolute atomic E-state index is 13.3. The van der Waals surface area contributed by atoms with Gasteiger partial charge in [0.05, 0.1) is 18.0 Å². The van der Waals surface area contributed by atoms with Gasteiger partial charge in [0.25, 0.3) is 0 Å². The minimum Gasteiger partial charge on any atom is -0.426 e. The van der Waals surface area contributed by atoms with E-state index in [2.05, 4.69) is 10.6 Å². The molecule has 0 aliphatic carbocycles. The number of amides is 2. The van der Waals surface area contributed by atoms with Crippen LogP contribution < -0.4 is 15.5 Å². The first-order chi connectivity index (χ1) is 13.9. The number of rotatable bonds is 8. The molecule has 1 saturated heterocycles. The molecule has 0 radical (unpaired) electrons. The van der Waals surface area contributed by atoms with Crippen molar-refractivity contribution >= 4 is 36.2 Å². The van der Waals surface area contributed by atoms with Crippen LogP contribution in [-0.2, 0) is 15.8 Å². The third-order valence-electron chi connectivity index (χ3n) is 4.75. The summed E-state index contributed by atoms with van der Waals surface area (Å²) in [6, 6.07) is 2.50. The van der Waals surface area contributed by atoms with Crippen LogP contribution in [0.15, 0.2) is 18.2 Å². The third-order valence-corrected chi connectivity index (χ3v) is 4.99. The maximum atomic E-state index is 13.3. The van der Waals surface area contributed by atoms with Crippen molar-refractivity contribution in [3.63, 3.8) is 0 Å². The zero-order valence-electron chi connectivity index (χ0n) is 16.5. The molecule has 2 rings (SSSR count). The summed E-state index contributed by atoms with van der Waals surface area (Å²) in [5, 5.41) is 23.4. The number of hydrogen-bond donors (Lipinski definition) is 4. The van der Waals surface area contributed by atoms with Gasteiger partial charge in [0.15, 0.2) is 0 Å². The predicted octanol–water partition coefficient (Wildman–Crippen LogP) is 1.60. The van der Waals surface area contributed by atoms with Gasteiger partial charge in [-0.15, -0.1) is 0 Å². The fourth-order valence-electron chi connectivity index (χ4n) is 3.24. The molecule has 4 N–H and O–H groups in total. The number of hydrogen-bond acceptors (Lipinski definition) is 5. The van der Waals surface area contributed by atoms with Gasteiger partial charge in [-0.25, -0.2) is 0 Å². The van der Waals surface area contributed by atoms with E-state index in [9.17, 15) is 32.8 Å². The predicted molar refractivity (Wildman–Crippen MR) is 107 cm³/mol. The first-order valence-corrected chi connectivity index (χ1v) is 9.84. The van der Waals surface area contributed by atoms with Crippen LogP contribution in [0.5, 0.6) is 0 Å². The van der Waals surface area contributed by atoms with Gasteiger partial charge < -0.3 is 25.6 Å². The molecule has 1 aromatic carbocycles. The topological polar surface area (TPSA) is 102 Å². The molecule has 1 aliphatic heterocycles. The van der Waals surface area contributed by atoms with Crippen molar-refractivity contribution in [1.29, 1.82) is 0 Å². The molecular weight excluding hydrogens is 425 g/mol. The van der Waals surface area contributed by atoms with Gasteiger partial charge in [0.1, 0.15) is 6.04 Å². The van der Waals surface area contributed by atoms with Crippen LogP contribution in [0.25, 0.3) is 0 Å². The van der Waals surface area contributed by atoms with Crippen LogP contribution in [0.4, 0.5) is 18.9 Å². The van der Waals surface area contributed by atoms with E-state index in [1.807, 2.05) is 13.8 Å². The fraction of sp³-hybridized carbons (Fsp3) is 0.556. The molecule has 1 aliphatic rings. The standard InChI is InChI=1S/C18H24BClF3N3O4/c1-10(2)7-15(19(29)30)25-16(27)9-24-17(28)14-5-6-26(14)13-4-3-11(20)8-12(13)18(21,22)23/h3-4,8,10,14-15,29-30H,5-7,9H2,1-2H3,(H,24,28)(H,25,27)/t14-,15?/m0/s1. The average molecular weight is 450 g/mol. The van der Waals surface area contributed by atoms with E-state index in [1.165, 1.54) is 17.0 Å². The summed E-state index contributed by atoms with van der Waals surface area (Å²) < 4.78 is 40.0. The summed E-state index contributed by atoms with van der Waals surface area (Å²) in [5.74, 6) is -2.02. The van der Waals surface area contributed by atoms with Crippen LogP contribution in [-0.4, -0.2) is 54.1 Å². The maximum Gasteiger partial charge on any atom is 0.475 e. The molecule has 0 bridgehead atoms. The Kier molecular flexibility index (Phi) is 8.01. The number of benzene rings is 1. The lowest BCUT2D eigenvalue weighted by atomic mass is 9.75. The molecule has 1 heterocycles. The minimum atomic E-state index is -4.63. The molecule has 12 heteroatoms. The Morgan fingerprint density at radius 2 is 2.00 bits per heavy atom. The van der Waals surface area contributed by atoms with E-state index in [1.54, 1.807) is 0 Å². The van der Waals surface area contributed by atoms with E-state index in [-0.39, 0.29) is 23.2 Å². The van der Waals surface area contributed by atoms with Crippen molar-refractivity contribution in [1.82, 2.24) is 10.6 Å². The summed E-state index contributed by atoms with van der Waals surface area (Å²) in [6.45, 7) is 3.51. The van der Waals surface area contributed by atoms with Crippen molar-refractivity contribution in [3.8, 4) is 0 Å². The summed E-state index contributed by atoms with van der Waals surface area (Å²) in [5.41, 5.74) is -1.08. The monoisotopic (exact) mass is 449 g/mol. The zero-order valence-corrected chi connectivity index (χ0v) is 17.3. The molecule has 1 fully saturated rings. The highest BCUT2D eigenvalue weighted by molar-refractivity contribution is 6.43. The van der Waals surface area contributed by atoms with Crippen molar-refractivity contribution in [2.75, 3.05) is 18.0 Å². The summed E-state index contributed by atoms with van der Waals surface area (Å²) in [6.07, 6.45) is -3.98. The number of carbonyl (C=O) groups excluding carboxylic acids is 2. The number of anilines is 1. The van der Waals surface area contributed by atoms with Crippen LogP contribution >= 0.6 is 11.6 Å². The van der Waals surface area contributed by atoms with Gasteiger partial charge in [-0.3, -0.25) is 9.59 Å². The van der Waals surface area contributed by atoms with Gasteiger partial charge >= 0.3 is 13.3 Å². The Hall–Kier alpha value is -1.98. The second kappa shape index (κ2) is 9.89. The summed E-state index contributed by atoms with van der Waals surface area (Å²) >= 11 is 5.69. The van der Waals surface area contributed by atoms with E-state index < -0.39 is 49.2 Å². The van der Waals surface area contributed by atoms with Gasteiger partial charge in [-0.05, 0) is 37.0 Å². The van der Waals surface area contributed by atoms with E-state index in [0.29, 0.717) is 12.8 Å². The highest BCUT2D eigenvalue weighted by Crippen LogP contribution is 2.40. The van der Waals surface area contributed by atoms with Crippen LogP contribution in [0, 0.1) is 5.92 Å². The molecule has 0 aromatic heterocycles. The summed E-state index contributed by atoms with van der Waals surface area (Å²) in [7, 11) is -1.75. The molecule has 0 spiro atoms. The number of nitrogens with zero attached hydrogens (tertiary/aromatic N) is 1. The number of alkyl halides is 3. The van der Waals surface area contributed by atoms with Gasteiger partial charge in [0, 0.05) is 17.3 Å². The van der Waals surface area contributed by atoms with E-state index >= 15 is 0 Å². The quantitative estimate of drug-likeness (QED) is 0.452. The van der Waals surface area contributed by atoms with Crippen LogP contribution in [0.3, 0.4) is 0 Å². The van der Waals surface area contributed by atoms with Crippen molar-refractivity contribution in [3.05, 3.63) is 28.8 Å². The molecular formula is C18H24BClF3N3O4. The second-order valence-electron chi connectivity index (χ2n) is 7.59. The highest BCUT2D eigenvalue weighted by Gasteiger charge is 2.41. The molecule has 2 atom stereocenters. The number of carbonyl (C=O) groups is 2. The highest BCUT2D eigenvalue weighted by atomic mass is 35.5. The Balaban J connectivity index is 1.98. The van der Waals surface area contributed by atoms with Crippen LogP contribution in [0.2, 0.25) is 5.02 Å². The smallest absolute Gasteiger partial charge is 0.426 e. The molecule has 30 heavy (non-hydrogen) atoms. The summed E-state index contributed by atoms with van der Waals surface area (Å²) in [4.78, 5) is 25.7. The second-order valence-corrected chi connectivity index (χ2v) is 8.03. The fourth-order valence-corrected chi connectivity index (χ4v) is 3.41. The lowest BCUT2D eigenvalue weighted by Gasteiger charge is -2.42. The number of nitrogens with one attached hydrogen (secondary N) is 2. The van der Waals surface area contributed by atoms with E-state index in [4.69, 9.17) is 11.6 Å². The van der Waals surface area contributed by atoms with Crippen molar-refractivity contribution < 1.29 is 32.8 Å². The normalized spacial score (nSPS) is 17.4. The first-order valence-electron chi connectivity index (χ1n) is 9.46. The molecule has 1 aromatic rings. The average Bonchev–Trinajstić information content (AvgIpc) is 2.58. The first kappa shape index (κ1) is 24.3. The molecule has 2 amide bonds. The SMILES string of the molecule is CC(C)CC(NC(=O)CNC(=O)[C@@H]1CCN1c1ccc(Cl)cc1C(F)(F)F)B(O)O. The third kappa shape index (κ3) is 6.26. The Labute approximate surface area is 177 Å². The lowest BCUT2D eigenvalue weighted by Crippen LogP contribution is -2.58. The Morgan fingerprint density at radius 1 is 1.33 bits per heavy atom. The zero-order chi connectivity index (χ0) is 22.6. The van der Waals surface area contributed by atoms with Gasteiger partial charge in [-0.2, -0.15) is 13.2 Å². The van der Waals surface area contributed by atoms with Gasteiger partial charge in [-0.1, -0.05) is 25.4 Å². The minimum absolute atomic E-state index is 0.0636. The molecule has 7 nitrogen and oxygen atoms in total. The van der Waals surface area contributed by atoms with Crippen molar-refractivity contribution in [2.24, 2.45) is 5.92 Å². The Morgan fingerprint density at radius 3 is 2.50 bits per heavy atom. The molecule has 1 unspecified atom stereocenters. The Bertz CT molecular complexity index is 780. The molecule has 166 valence electrons. The molecule has 0 saturated carbocycles. The van der Waals surface area contributed by atoms with Gasteiger partial charge in [0.2, 0.25) is 11.8 Å². The lowest BCUT2D eigenvalue weighted by molar-refractivity contribution is -0.137. The van der Waals surface area contributed by atoms with Crippen LogP contribution in [0.1, 0.15) is 32.3 Å². The van der Waals surface area contributed by atoms with Crippen molar-refractivity contribution in [2.45, 2.75) is 44.8 Å². The van der Waals surface area contributed by atoms with E-state index in [0.717, 1.165) is 6.07 Å². The number of halogens is 4. The largest absolute Gasteiger partial charge is 0.475 e.